The smallest absolute Gasteiger partial charge is 0.365 e. The Kier molecular flexibility index (Phi) is 5.27. The molecule has 1 aromatic carbocycles. The second-order valence-corrected chi connectivity index (χ2v) is 6.92. The first-order valence-electron chi connectivity index (χ1n) is 7.34. The highest BCUT2D eigenvalue weighted by molar-refractivity contribution is 7.62. The van der Waals surface area contributed by atoms with Crippen LogP contribution in [0.4, 0.5) is 5.69 Å². The first kappa shape index (κ1) is 17.3. The quantitative estimate of drug-likeness (QED) is 0.820. The molecule has 0 aliphatic carbocycles. The molecule has 1 heterocycles. The van der Waals surface area contributed by atoms with Crippen LogP contribution in [0.1, 0.15) is 25.1 Å². The molecular formula is C16H20N3O3P. The Morgan fingerprint density at radius 3 is 2.26 bits per heavy atom. The Morgan fingerprint density at radius 1 is 1.22 bits per heavy atom. The SMILES string of the molecule is CCOP(=O)(OCC)c1cn(-c2ccc(C)cc2)c(C#N)c1N. The fourth-order valence-corrected chi connectivity index (χ4v) is 3.96. The lowest BCUT2D eigenvalue weighted by atomic mass is 10.2. The molecule has 7 heteroatoms. The van der Waals surface area contributed by atoms with E-state index in [9.17, 15) is 9.83 Å². The molecule has 0 saturated heterocycles. The minimum absolute atomic E-state index is 0.123. The van der Waals surface area contributed by atoms with E-state index in [1.165, 1.54) is 0 Å². The van der Waals surface area contributed by atoms with Crippen LogP contribution in [0.15, 0.2) is 30.5 Å². The maximum atomic E-state index is 13.0. The average molecular weight is 333 g/mol. The number of nitrogen functional groups attached to an aromatic ring is 1. The molecule has 0 radical (unpaired) electrons. The molecule has 0 saturated carbocycles. The number of nitrogens with zero attached hydrogens (tertiary/aromatic N) is 2. The number of nitrogens with two attached hydrogens (primary N) is 1. The summed E-state index contributed by atoms with van der Waals surface area (Å²) >= 11 is 0. The summed E-state index contributed by atoms with van der Waals surface area (Å²) in [6, 6.07) is 9.65. The van der Waals surface area contributed by atoms with Crippen LogP contribution in [-0.2, 0) is 13.6 Å². The predicted molar refractivity (Wildman–Crippen MR) is 90.1 cm³/mol. The number of hydrogen-bond donors (Lipinski definition) is 1. The molecule has 2 N–H and O–H groups in total. The first-order valence-corrected chi connectivity index (χ1v) is 8.88. The maximum absolute atomic E-state index is 13.0. The van der Waals surface area contributed by atoms with Crippen LogP contribution in [-0.4, -0.2) is 17.8 Å². The summed E-state index contributed by atoms with van der Waals surface area (Å²) < 4.78 is 25.2. The third kappa shape index (κ3) is 3.32. The van der Waals surface area contributed by atoms with Crippen LogP contribution in [0.2, 0.25) is 0 Å². The van der Waals surface area contributed by atoms with Gasteiger partial charge in [0.05, 0.1) is 18.9 Å². The lowest BCUT2D eigenvalue weighted by molar-refractivity contribution is 0.230. The van der Waals surface area contributed by atoms with Gasteiger partial charge in [-0.3, -0.25) is 4.57 Å². The highest BCUT2D eigenvalue weighted by atomic mass is 31.2. The van der Waals surface area contributed by atoms with E-state index in [0.717, 1.165) is 11.3 Å². The molecular weight excluding hydrogens is 313 g/mol. The fourth-order valence-electron chi connectivity index (χ4n) is 2.27. The predicted octanol–water partition coefficient (Wildman–Crippen LogP) is 3.13. The van der Waals surface area contributed by atoms with Gasteiger partial charge in [0.1, 0.15) is 17.1 Å². The van der Waals surface area contributed by atoms with E-state index in [0.29, 0.717) is 0 Å². The molecule has 0 spiro atoms. The highest BCUT2D eigenvalue weighted by Gasteiger charge is 2.33. The molecule has 6 nitrogen and oxygen atoms in total. The van der Waals surface area contributed by atoms with Gasteiger partial charge in [0.2, 0.25) is 0 Å². The van der Waals surface area contributed by atoms with Crippen LogP contribution in [0.3, 0.4) is 0 Å². The summed E-state index contributed by atoms with van der Waals surface area (Å²) in [5.41, 5.74) is 8.24. The van der Waals surface area contributed by atoms with E-state index in [2.05, 4.69) is 6.07 Å². The molecule has 0 amide bonds. The minimum Gasteiger partial charge on any atom is -0.396 e. The van der Waals surface area contributed by atoms with Gasteiger partial charge in [0.15, 0.2) is 0 Å². The topological polar surface area (TPSA) is 90.3 Å². The van der Waals surface area contributed by atoms with Crippen molar-refractivity contribution in [3.05, 3.63) is 41.7 Å². The number of benzene rings is 1. The molecule has 1 aromatic heterocycles. The average Bonchev–Trinajstić information content (AvgIpc) is 2.86. The van der Waals surface area contributed by atoms with Gasteiger partial charge in [-0.05, 0) is 32.9 Å². The van der Waals surface area contributed by atoms with E-state index in [1.54, 1.807) is 24.6 Å². The van der Waals surface area contributed by atoms with Crippen molar-refractivity contribution in [2.45, 2.75) is 20.8 Å². The van der Waals surface area contributed by atoms with E-state index in [4.69, 9.17) is 14.8 Å². The summed E-state index contributed by atoms with van der Waals surface area (Å²) in [5, 5.41) is 9.65. The molecule has 2 rings (SSSR count). The zero-order valence-electron chi connectivity index (χ0n) is 13.4. The van der Waals surface area contributed by atoms with Gasteiger partial charge >= 0.3 is 7.60 Å². The van der Waals surface area contributed by atoms with Crippen molar-refractivity contribution < 1.29 is 13.6 Å². The molecule has 0 fully saturated rings. The third-order valence-electron chi connectivity index (χ3n) is 3.33. The molecule has 122 valence electrons. The van der Waals surface area contributed by atoms with Crippen LogP contribution >= 0.6 is 7.60 Å². The number of aromatic nitrogens is 1. The minimum atomic E-state index is -3.56. The standard InChI is InChI=1S/C16H20N3O3P/c1-4-21-23(20,22-5-2)15-11-19(14(10-17)16(15)18)13-8-6-12(3)7-9-13/h6-9,11H,4-5,18H2,1-3H3. The van der Waals surface area contributed by atoms with Gasteiger partial charge in [-0.15, -0.1) is 0 Å². The Balaban J connectivity index is 2.62. The normalized spacial score (nSPS) is 11.4. The van der Waals surface area contributed by atoms with Crippen molar-refractivity contribution in [2.24, 2.45) is 0 Å². The van der Waals surface area contributed by atoms with Crippen molar-refractivity contribution in [3.8, 4) is 11.8 Å². The molecule has 23 heavy (non-hydrogen) atoms. The lowest BCUT2D eigenvalue weighted by Crippen LogP contribution is -2.13. The molecule has 0 atom stereocenters. The largest absolute Gasteiger partial charge is 0.396 e. The number of rotatable bonds is 6. The Morgan fingerprint density at radius 2 is 1.78 bits per heavy atom. The summed E-state index contributed by atoms with van der Waals surface area (Å²) in [4.78, 5) is 0. The van der Waals surface area contributed by atoms with Crippen LogP contribution < -0.4 is 11.0 Å². The van der Waals surface area contributed by atoms with Gasteiger partial charge in [-0.25, -0.2) is 0 Å². The number of nitriles is 1. The van der Waals surface area contributed by atoms with E-state index >= 15 is 0 Å². The lowest BCUT2D eigenvalue weighted by Gasteiger charge is -2.16. The second kappa shape index (κ2) is 7.01. The first-order chi connectivity index (χ1) is 11.0. The van der Waals surface area contributed by atoms with Crippen LogP contribution in [0.5, 0.6) is 0 Å². The second-order valence-electron chi connectivity index (χ2n) is 4.93. The Labute approximate surface area is 136 Å². The van der Waals surface area contributed by atoms with E-state index < -0.39 is 7.60 Å². The van der Waals surface area contributed by atoms with Crippen LogP contribution in [0.25, 0.3) is 5.69 Å². The van der Waals surface area contributed by atoms with Gasteiger partial charge in [-0.1, -0.05) is 17.7 Å². The fraction of sp³-hybridized carbons (Fsp3) is 0.312. The third-order valence-corrected chi connectivity index (χ3v) is 5.48. The van der Waals surface area contributed by atoms with Crippen molar-refractivity contribution in [1.29, 1.82) is 5.26 Å². The van der Waals surface area contributed by atoms with Gasteiger partial charge < -0.3 is 19.3 Å². The van der Waals surface area contributed by atoms with Crippen molar-refractivity contribution in [2.75, 3.05) is 18.9 Å². The van der Waals surface area contributed by atoms with Gasteiger partial charge in [0.25, 0.3) is 0 Å². The summed E-state index contributed by atoms with van der Waals surface area (Å²) in [6.45, 7) is 5.86. The Bertz CT molecular complexity index is 765. The highest BCUT2D eigenvalue weighted by Crippen LogP contribution is 2.49. The molecule has 0 aliphatic rings. The van der Waals surface area contributed by atoms with Crippen molar-refractivity contribution in [1.82, 2.24) is 4.57 Å². The van der Waals surface area contributed by atoms with Gasteiger partial charge in [-0.2, -0.15) is 5.26 Å². The zero-order valence-corrected chi connectivity index (χ0v) is 14.3. The summed E-state index contributed by atoms with van der Waals surface area (Å²) in [7, 11) is -3.56. The summed E-state index contributed by atoms with van der Waals surface area (Å²) in [5.74, 6) is 0. The molecule has 0 bridgehead atoms. The molecule has 0 aliphatic heterocycles. The van der Waals surface area contributed by atoms with Crippen molar-refractivity contribution >= 4 is 18.6 Å². The monoisotopic (exact) mass is 333 g/mol. The van der Waals surface area contributed by atoms with Crippen molar-refractivity contribution in [3.63, 3.8) is 0 Å². The van der Waals surface area contributed by atoms with Crippen LogP contribution in [0, 0.1) is 18.3 Å². The van der Waals surface area contributed by atoms with E-state index in [-0.39, 0.29) is 29.9 Å². The summed E-state index contributed by atoms with van der Waals surface area (Å²) in [6.07, 6.45) is 1.56. The number of aryl methyl sites for hydroxylation is 1. The number of hydrogen-bond acceptors (Lipinski definition) is 5. The number of anilines is 1. The molecule has 2 aromatic rings. The van der Waals surface area contributed by atoms with E-state index in [1.807, 2.05) is 31.2 Å². The molecule has 0 unspecified atom stereocenters. The maximum Gasteiger partial charge on any atom is 0.365 e. The zero-order chi connectivity index (χ0) is 17.0. The Hall–Kier alpha value is -2.06. The van der Waals surface area contributed by atoms with Gasteiger partial charge in [0, 0.05) is 11.9 Å².